The van der Waals surface area contributed by atoms with Crippen LogP contribution < -0.4 is 0 Å². The van der Waals surface area contributed by atoms with Gasteiger partial charge < -0.3 is 5.11 Å². The Hall–Kier alpha value is -2.31. The molecule has 0 fully saturated rings. The molecular weight excluding hydrogens is 285 g/mol. The molecule has 0 bridgehead atoms. The molecule has 1 heterocycles. The van der Waals surface area contributed by atoms with Crippen molar-refractivity contribution in [3.05, 3.63) is 47.3 Å². The minimum Gasteiger partial charge on any atom is -0.478 e. The highest BCUT2D eigenvalue weighted by Gasteiger charge is 2.30. The number of hydrogen-bond donors (Lipinski definition) is 1. The molecule has 2 aromatic rings. The monoisotopic (exact) mass is 298 g/mol. The van der Waals surface area contributed by atoms with Crippen LogP contribution in [0.15, 0.2) is 30.5 Å². The van der Waals surface area contributed by atoms with Gasteiger partial charge in [0.25, 0.3) is 0 Å². The third-order valence-electron chi connectivity index (χ3n) is 3.03. The number of carboxylic acids is 1. The predicted octanol–water partition coefficient (Wildman–Crippen LogP) is 3.54. The van der Waals surface area contributed by atoms with Gasteiger partial charge >= 0.3 is 12.1 Å². The Morgan fingerprint density at radius 2 is 1.90 bits per heavy atom. The van der Waals surface area contributed by atoms with Gasteiger partial charge in [-0.1, -0.05) is 13.3 Å². The van der Waals surface area contributed by atoms with Crippen molar-refractivity contribution in [1.82, 2.24) is 9.78 Å². The highest BCUT2D eigenvalue weighted by atomic mass is 19.4. The number of aromatic carboxylic acids is 1. The summed E-state index contributed by atoms with van der Waals surface area (Å²) in [6.45, 7) is 1.88. The molecule has 112 valence electrons. The summed E-state index contributed by atoms with van der Waals surface area (Å²) in [5.74, 6) is -1.10. The molecule has 0 aliphatic rings. The Morgan fingerprint density at radius 1 is 1.29 bits per heavy atom. The minimum atomic E-state index is -4.40. The van der Waals surface area contributed by atoms with Crippen LogP contribution in [0, 0.1) is 0 Å². The Labute approximate surface area is 118 Å². The number of carbonyl (C=O) groups is 1. The maximum absolute atomic E-state index is 12.5. The van der Waals surface area contributed by atoms with Crippen LogP contribution in [0.3, 0.4) is 0 Å². The molecule has 0 aliphatic carbocycles. The van der Waals surface area contributed by atoms with Gasteiger partial charge in [-0.05, 0) is 30.7 Å². The first kappa shape index (κ1) is 15.1. The molecule has 1 N–H and O–H groups in total. The highest BCUT2D eigenvalue weighted by molar-refractivity contribution is 5.88. The molecule has 0 amide bonds. The summed E-state index contributed by atoms with van der Waals surface area (Å²) < 4.78 is 39.0. The summed E-state index contributed by atoms with van der Waals surface area (Å²) in [5.41, 5.74) is 0.189. The van der Waals surface area contributed by atoms with E-state index < -0.39 is 17.7 Å². The zero-order valence-electron chi connectivity index (χ0n) is 11.2. The van der Waals surface area contributed by atoms with Crippen LogP contribution in [0.2, 0.25) is 0 Å². The van der Waals surface area contributed by atoms with Crippen LogP contribution >= 0.6 is 0 Å². The number of rotatable bonds is 4. The van der Waals surface area contributed by atoms with Crippen LogP contribution in [0.5, 0.6) is 0 Å². The van der Waals surface area contributed by atoms with Gasteiger partial charge in [0.2, 0.25) is 0 Å². The van der Waals surface area contributed by atoms with E-state index in [0.717, 1.165) is 12.1 Å². The second-order valence-corrected chi connectivity index (χ2v) is 4.52. The molecule has 2 rings (SSSR count). The normalized spacial score (nSPS) is 11.6. The summed E-state index contributed by atoms with van der Waals surface area (Å²) in [5, 5.41) is 13.1. The van der Waals surface area contributed by atoms with Crippen molar-refractivity contribution >= 4 is 5.97 Å². The quantitative estimate of drug-likeness (QED) is 0.939. The van der Waals surface area contributed by atoms with Crippen LogP contribution in [-0.4, -0.2) is 20.9 Å². The van der Waals surface area contributed by atoms with E-state index >= 15 is 0 Å². The van der Waals surface area contributed by atoms with Gasteiger partial charge in [-0.3, -0.25) is 0 Å². The molecule has 0 spiro atoms. The third-order valence-corrected chi connectivity index (χ3v) is 3.03. The van der Waals surface area contributed by atoms with E-state index in [1.54, 1.807) is 0 Å². The van der Waals surface area contributed by atoms with Crippen LogP contribution in [0.1, 0.15) is 35.0 Å². The molecule has 0 saturated carbocycles. The SMILES string of the molecule is CCCc1c(C(=O)O)cnn1-c1ccc(C(F)(F)F)cc1. The van der Waals surface area contributed by atoms with Gasteiger partial charge in [-0.25, -0.2) is 9.48 Å². The van der Waals surface area contributed by atoms with Crippen molar-refractivity contribution in [1.29, 1.82) is 0 Å². The molecule has 7 heteroatoms. The highest BCUT2D eigenvalue weighted by Crippen LogP contribution is 2.29. The summed E-state index contributed by atoms with van der Waals surface area (Å²) in [6.07, 6.45) is -2.01. The van der Waals surface area contributed by atoms with E-state index in [-0.39, 0.29) is 5.56 Å². The van der Waals surface area contributed by atoms with Crippen molar-refractivity contribution in [2.75, 3.05) is 0 Å². The average molecular weight is 298 g/mol. The van der Waals surface area contributed by atoms with E-state index in [1.165, 1.54) is 23.0 Å². The maximum atomic E-state index is 12.5. The molecule has 21 heavy (non-hydrogen) atoms. The van der Waals surface area contributed by atoms with E-state index in [1.807, 2.05) is 6.92 Å². The number of alkyl halides is 3. The number of carboxylic acid groups (broad SMARTS) is 1. The second kappa shape index (κ2) is 5.59. The van der Waals surface area contributed by atoms with Gasteiger partial charge in [0.05, 0.1) is 23.1 Å². The first-order valence-electron chi connectivity index (χ1n) is 6.32. The van der Waals surface area contributed by atoms with Gasteiger partial charge in [0, 0.05) is 0 Å². The number of aromatic nitrogens is 2. The zero-order chi connectivity index (χ0) is 15.6. The Balaban J connectivity index is 2.44. The van der Waals surface area contributed by atoms with Gasteiger partial charge in [0.15, 0.2) is 0 Å². The summed E-state index contributed by atoms with van der Waals surface area (Å²) in [6, 6.07) is 4.46. The molecule has 0 unspecified atom stereocenters. The number of halogens is 3. The van der Waals surface area contributed by atoms with Crippen molar-refractivity contribution in [2.24, 2.45) is 0 Å². The molecule has 0 radical (unpaired) electrons. The Morgan fingerprint density at radius 3 is 2.38 bits per heavy atom. The molecule has 1 aromatic heterocycles. The lowest BCUT2D eigenvalue weighted by atomic mass is 10.1. The fraction of sp³-hybridized carbons (Fsp3) is 0.286. The van der Waals surface area contributed by atoms with E-state index in [0.29, 0.717) is 24.2 Å². The summed E-state index contributed by atoms with van der Waals surface area (Å²) in [7, 11) is 0. The van der Waals surface area contributed by atoms with Crippen molar-refractivity contribution in [3.63, 3.8) is 0 Å². The smallest absolute Gasteiger partial charge is 0.416 e. The first-order chi connectivity index (χ1) is 9.84. The largest absolute Gasteiger partial charge is 0.478 e. The van der Waals surface area contributed by atoms with Crippen LogP contribution in [0.25, 0.3) is 5.69 Å². The van der Waals surface area contributed by atoms with Crippen molar-refractivity contribution in [3.8, 4) is 5.69 Å². The number of nitrogens with zero attached hydrogens (tertiary/aromatic N) is 2. The maximum Gasteiger partial charge on any atom is 0.416 e. The third kappa shape index (κ3) is 3.07. The average Bonchev–Trinajstić information content (AvgIpc) is 2.82. The summed E-state index contributed by atoms with van der Waals surface area (Å²) >= 11 is 0. The topological polar surface area (TPSA) is 55.1 Å². The lowest BCUT2D eigenvalue weighted by Crippen LogP contribution is -2.08. The minimum absolute atomic E-state index is 0.0664. The lowest BCUT2D eigenvalue weighted by Gasteiger charge is -2.10. The fourth-order valence-electron chi connectivity index (χ4n) is 2.04. The van der Waals surface area contributed by atoms with Gasteiger partial charge in [-0.2, -0.15) is 18.3 Å². The lowest BCUT2D eigenvalue weighted by molar-refractivity contribution is -0.137. The van der Waals surface area contributed by atoms with Gasteiger partial charge in [-0.15, -0.1) is 0 Å². The first-order valence-corrected chi connectivity index (χ1v) is 6.32. The molecule has 0 atom stereocenters. The fourth-order valence-corrected chi connectivity index (χ4v) is 2.04. The predicted molar refractivity (Wildman–Crippen MR) is 69.5 cm³/mol. The molecule has 0 aliphatic heterocycles. The second-order valence-electron chi connectivity index (χ2n) is 4.52. The Bertz CT molecular complexity index is 645. The van der Waals surface area contributed by atoms with Gasteiger partial charge in [0.1, 0.15) is 5.56 Å². The van der Waals surface area contributed by atoms with Crippen LogP contribution in [-0.2, 0) is 12.6 Å². The van der Waals surface area contributed by atoms with E-state index in [4.69, 9.17) is 5.11 Å². The molecule has 0 saturated heterocycles. The Kier molecular flexibility index (Phi) is 4.02. The van der Waals surface area contributed by atoms with E-state index in [9.17, 15) is 18.0 Å². The molecule has 1 aromatic carbocycles. The number of hydrogen-bond acceptors (Lipinski definition) is 2. The number of benzene rings is 1. The standard InChI is InChI=1S/C14H13F3N2O2/c1-2-3-12-11(13(20)21)8-18-19(12)10-6-4-9(5-7-10)14(15,16)17/h4-8H,2-3H2,1H3,(H,20,21). The zero-order valence-corrected chi connectivity index (χ0v) is 11.2. The van der Waals surface area contributed by atoms with E-state index in [2.05, 4.69) is 5.10 Å². The van der Waals surface area contributed by atoms with Crippen molar-refractivity contribution < 1.29 is 23.1 Å². The molecule has 4 nitrogen and oxygen atoms in total. The van der Waals surface area contributed by atoms with Crippen molar-refractivity contribution in [2.45, 2.75) is 25.9 Å². The molecular formula is C14H13F3N2O2. The van der Waals surface area contributed by atoms with Crippen LogP contribution in [0.4, 0.5) is 13.2 Å². The summed E-state index contributed by atoms with van der Waals surface area (Å²) in [4.78, 5) is 11.1.